The Balaban J connectivity index is 2.07. The van der Waals surface area contributed by atoms with E-state index in [4.69, 9.17) is 9.47 Å². The van der Waals surface area contributed by atoms with Crippen LogP contribution in [0.4, 0.5) is 13.2 Å². The van der Waals surface area contributed by atoms with Gasteiger partial charge in [0, 0.05) is 18.7 Å². The van der Waals surface area contributed by atoms with Crippen molar-refractivity contribution in [1.29, 1.82) is 0 Å². The van der Waals surface area contributed by atoms with Crippen LogP contribution in [0, 0.1) is 0 Å². The Bertz CT molecular complexity index is 794. The number of fused-ring (bicyclic) bond motifs is 1. The molecule has 0 aliphatic carbocycles. The van der Waals surface area contributed by atoms with Gasteiger partial charge in [0.1, 0.15) is 17.1 Å². The van der Waals surface area contributed by atoms with Crippen LogP contribution < -0.4 is 9.47 Å². The number of β-amino-alcohol motifs (C(OH)–C–C–N with tert-alkyl or cyclic N) is 1. The summed E-state index contributed by atoms with van der Waals surface area (Å²) in [6, 6.07) is 11.8. The summed E-state index contributed by atoms with van der Waals surface area (Å²) in [7, 11) is 3.33. The van der Waals surface area contributed by atoms with E-state index in [9.17, 15) is 18.3 Å². The standard InChI is InChI=1S/C19H20F3NO3/c1-23-10-13-5-3-4-6-15(13)18(24,11-23)16-9-14(7-8-17(16)25-2)26-12-19(20,21)22/h3-9,24H,10-12H2,1-2H3. The van der Waals surface area contributed by atoms with Crippen molar-refractivity contribution in [2.45, 2.75) is 18.3 Å². The van der Waals surface area contributed by atoms with Crippen molar-refractivity contribution in [3.63, 3.8) is 0 Å². The summed E-state index contributed by atoms with van der Waals surface area (Å²) < 4.78 is 47.6. The Morgan fingerprint density at radius 3 is 2.58 bits per heavy atom. The lowest BCUT2D eigenvalue weighted by Gasteiger charge is -2.40. The van der Waals surface area contributed by atoms with Crippen LogP contribution in [0.1, 0.15) is 16.7 Å². The van der Waals surface area contributed by atoms with Gasteiger partial charge < -0.3 is 14.6 Å². The van der Waals surface area contributed by atoms with E-state index in [1.807, 2.05) is 36.2 Å². The summed E-state index contributed by atoms with van der Waals surface area (Å²) in [6.07, 6.45) is -4.44. The minimum atomic E-state index is -4.44. The number of aliphatic hydroxyl groups is 1. The summed E-state index contributed by atoms with van der Waals surface area (Å²) in [6.45, 7) is -0.443. The lowest BCUT2D eigenvalue weighted by Crippen LogP contribution is -2.45. The predicted molar refractivity (Wildman–Crippen MR) is 90.3 cm³/mol. The number of halogens is 3. The number of benzene rings is 2. The van der Waals surface area contributed by atoms with Crippen LogP contribution in [0.5, 0.6) is 11.5 Å². The third-order valence-electron chi connectivity index (χ3n) is 4.42. The Morgan fingerprint density at radius 2 is 1.88 bits per heavy atom. The zero-order chi connectivity index (χ0) is 18.9. The van der Waals surface area contributed by atoms with Gasteiger partial charge in [0.05, 0.1) is 7.11 Å². The lowest BCUT2D eigenvalue weighted by atomic mass is 9.80. The number of methoxy groups -OCH3 is 1. The number of hydrogen-bond donors (Lipinski definition) is 1. The van der Waals surface area contributed by atoms with Crippen LogP contribution in [0.2, 0.25) is 0 Å². The molecule has 140 valence electrons. The number of nitrogens with zero attached hydrogens (tertiary/aromatic N) is 1. The van der Waals surface area contributed by atoms with Crippen molar-refractivity contribution >= 4 is 0 Å². The molecule has 1 atom stereocenters. The Labute approximate surface area is 149 Å². The van der Waals surface area contributed by atoms with Gasteiger partial charge in [-0.15, -0.1) is 0 Å². The van der Waals surface area contributed by atoms with Crippen molar-refractivity contribution in [2.75, 3.05) is 27.3 Å². The van der Waals surface area contributed by atoms with Gasteiger partial charge in [-0.25, -0.2) is 0 Å². The smallest absolute Gasteiger partial charge is 0.422 e. The van der Waals surface area contributed by atoms with Crippen molar-refractivity contribution in [3.05, 3.63) is 59.2 Å². The van der Waals surface area contributed by atoms with Crippen molar-refractivity contribution < 1.29 is 27.8 Å². The average molecular weight is 367 g/mol. The molecule has 4 nitrogen and oxygen atoms in total. The van der Waals surface area contributed by atoms with Crippen LogP contribution in [-0.4, -0.2) is 43.5 Å². The van der Waals surface area contributed by atoms with Gasteiger partial charge in [0.25, 0.3) is 0 Å². The minimum absolute atomic E-state index is 0.0252. The molecule has 0 aromatic heterocycles. The number of hydrogen-bond acceptors (Lipinski definition) is 4. The second-order valence-electron chi connectivity index (χ2n) is 6.46. The maximum absolute atomic E-state index is 12.5. The molecule has 3 rings (SSSR count). The first kappa shape index (κ1) is 18.5. The third kappa shape index (κ3) is 3.64. The summed E-state index contributed by atoms with van der Waals surface area (Å²) in [5.74, 6) is 0.411. The van der Waals surface area contributed by atoms with Gasteiger partial charge in [0.15, 0.2) is 6.61 Å². The molecule has 0 bridgehead atoms. The predicted octanol–water partition coefficient (Wildman–Crippen LogP) is 3.32. The number of ether oxygens (including phenoxy) is 2. The van der Waals surface area contributed by atoms with E-state index in [1.165, 1.54) is 25.3 Å². The molecule has 1 heterocycles. The van der Waals surface area contributed by atoms with Crippen LogP contribution >= 0.6 is 0 Å². The molecule has 2 aromatic carbocycles. The first-order valence-corrected chi connectivity index (χ1v) is 8.10. The molecule has 1 N–H and O–H groups in total. The highest BCUT2D eigenvalue weighted by atomic mass is 19.4. The number of rotatable bonds is 4. The SMILES string of the molecule is COc1ccc(OCC(F)(F)F)cc1C1(O)CN(C)Cc2ccccc21. The molecular weight excluding hydrogens is 347 g/mol. The molecule has 0 spiro atoms. The van der Waals surface area contributed by atoms with Gasteiger partial charge >= 0.3 is 6.18 Å². The first-order chi connectivity index (χ1) is 12.2. The molecular formula is C19H20F3NO3. The fraction of sp³-hybridized carbons (Fsp3) is 0.368. The third-order valence-corrected chi connectivity index (χ3v) is 4.42. The normalized spacial score (nSPS) is 20.5. The molecule has 1 aliphatic heterocycles. The summed E-state index contributed by atoms with van der Waals surface area (Å²) in [5.41, 5.74) is 0.613. The monoisotopic (exact) mass is 367 g/mol. The number of alkyl halides is 3. The van der Waals surface area contributed by atoms with Crippen LogP contribution in [0.3, 0.4) is 0 Å². The second kappa shape index (κ2) is 6.81. The van der Waals surface area contributed by atoms with Gasteiger partial charge in [0.2, 0.25) is 0 Å². The quantitative estimate of drug-likeness (QED) is 0.900. The number of likely N-dealkylation sites (N-methyl/N-ethyl adjacent to an activating group) is 1. The van der Waals surface area contributed by atoms with Crippen LogP contribution in [0.15, 0.2) is 42.5 Å². The summed E-state index contributed by atoms with van der Waals surface area (Å²) >= 11 is 0. The fourth-order valence-corrected chi connectivity index (χ4v) is 3.38. The highest BCUT2D eigenvalue weighted by molar-refractivity contribution is 5.51. The Hall–Kier alpha value is -2.25. The molecule has 0 amide bonds. The van der Waals surface area contributed by atoms with E-state index in [1.54, 1.807) is 0 Å². The largest absolute Gasteiger partial charge is 0.496 e. The molecule has 1 unspecified atom stereocenters. The van der Waals surface area contributed by atoms with Crippen molar-refractivity contribution in [1.82, 2.24) is 4.90 Å². The zero-order valence-electron chi connectivity index (χ0n) is 14.5. The van der Waals surface area contributed by atoms with E-state index in [0.717, 1.165) is 5.56 Å². The summed E-state index contributed by atoms with van der Waals surface area (Å²) in [5, 5.41) is 11.5. The molecule has 0 radical (unpaired) electrons. The molecule has 0 saturated carbocycles. The van der Waals surface area contributed by atoms with E-state index in [-0.39, 0.29) is 12.3 Å². The molecule has 2 aromatic rings. The highest BCUT2D eigenvalue weighted by Gasteiger charge is 2.40. The van der Waals surface area contributed by atoms with Crippen molar-refractivity contribution in [2.24, 2.45) is 0 Å². The van der Waals surface area contributed by atoms with Gasteiger partial charge in [-0.3, -0.25) is 4.90 Å². The average Bonchev–Trinajstić information content (AvgIpc) is 2.59. The molecule has 7 heteroatoms. The second-order valence-corrected chi connectivity index (χ2v) is 6.46. The Morgan fingerprint density at radius 1 is 1.15 bits per heavy atom. The fourth-order valence-electron chi connectivity index (χ4n) is 3.38. The van der Waals surface area contributed by atoms with E-state index in [2.05, 4.69) is 0 Å². The zero-order valence-corrected chi connectivity index (χ0v) is 14.5. The topological polar surface area (TPSA) is 41.9 Å². The van der Waals surface area contributed by atoms with Crippen molar-refractivity contribution in [3.8, 4) is 11.5 Å². The van der Waals surface area contributed by atoms with E-state index >= 15 is 0 Å². The molecule has 1 aliphatic rings. The van der Waals surface area contributed by atoms with Gasteiger partial charge in [-0.2, -0.15) is 13.2 Å². The molecule has 0 saturated heterocycles. The summed E-state index contributed by atoms with van der Waals surface area (Å²) in [4.78, 5) is 1.95. The first-order valence-electron chi connectivity index (χ1n) is 8.10. The maximum Gasteiger partial charge on any atom is 0.422 e. The van der Waals surface area contributed by atoms with Gasteiger partial charge in [-0.1, -0.05) is 24.3 Å². The van der Waals surface area contributed by atoms with E-state index in [0.29, 0.717) is 23.4 Å². The minimum Gasteiger partial charge on any atom is -0.496 e. The van der Waals surface area contributed by atoms with Crippen LogP contribution in [-0.2, 0) is 12.1 Å². The van der Waals surface area contributed by atoms with Gasteiger partial charge in [-0.05, 0) is 36.4 Å². The van der Waals surface area contributed by atoms with E-state index < -0.39 is 18.4 Å². The maximum atomic E-state index is 12.5. The molecule has 26 heavy (non-hydrogen) atoms. The van der Waals surface area contributed by atoms with Crippen LogP contribution in [0.25, 0.3) is 0 Å². The molecule has 0 fully saturated rings. The lowest BCUT2D eigenvalue weighted by molar-refractivity contribution is -0.153. The highest BCUT2D eigenvalue weighted by Crippen LogP contribution is 2.42. The Kier molecular flexibility index (Phi) is 4.86.